The van der Waals surface area contributed by atoms with Gasteiger partial charge in [-0.1, -0.05) is 28.1 Å². The molecule has 0 aromatic heterocycles. The van der Waals surface area contributed by atoms with Gasteiger partial charge in [0.05, 0.1) is 24.0 Å². The van der Waals surface area contributed by atoms with Gasteiger partial charge in [-0.05, 0) is 61.7 Å². The molecule has 1 saturated heterocycles. The molecule has 2 aromatic carbocycles. The molecule has 0 aliphatic carbocycles. The molecule has 1 N–H and O–H groups in total. The zero-order valence-electron chi connectivity index (χ0n) is 16.5. The number of carbonyl (C=O) groups is 1. The van der Waals surface area contributed by atoms with Crippen LogP contribution < -0.4 is 10.1 Å². The van der Waals surface area contributed by atoms with Gasteiger partial charge < -0.3 is 10.1 Å². The van der Waals surface area contributed by atoms with Crippen LogP contribution in [0.15, 0.2) is 57.9 Å². The molecule has 156 valence electrons. The number of benzene rings is 2. The maximum Gasteiger partial charge on any atom is 0.243 e. The van der Waals surface area contributed by atoms with Crippen LogP contribution in [0.3, 0.4) is 0 Å². The molecule has 0 saturated carbocycles. The summed E-state index contributed by atoms with van der Waals surface area (Å²) in [7, 11) is -2.01. The fourth-order valence-electron chi connectivity index (χ4n) is 3.44. The van der Waals surface area contributed by atoms with E-state index in [0.717, 1.165) is 15.8 Å². The lowest BCUT2D eigenvalue weighted by atomic mass is 9.98. The monoisotopic (exact) mass is 480 g/mol. The van der Waals surface area contributed by atoms with Crippen LogP contribution in [0.25, 0.3) is 0 Å². The van der Waals surface area contributed by atoms with Crippen molar-refractivity contribution in [1.29, 1.82) is 0 Å². The molecule has 0 radical (unpaired) electrons. The Labute approximate surface area is 180 Å². The van der Waals surface area contributed by atoms with Gasteiger partial charge in [-0.25, -0.2) is 8.42 Å². The number of hydrogen-bond acceptors (Lipinski definition) is 4. The van der Waals surface area contributed by atoms with Crippen LogP contribution in [0.1, 0.15) is 31.4 Å². The van der Waals surface area contributed by atoms with Gasteiger partial charge in [0.2, 0.25) is 15.9 Å². The Morgan fingerprint density at radius 3 is 2.45 bits per heavy atom. The van der Waals surface area contributed by atoms with Crippen molar-refractivity contribution in [1.82, 2.24) is 9.62 Å². The molecule has 8 heteroatoms. The summed E-state index contributed by atoms with van der Waals surface area (Å²) in [5.74, 6) is 0.270. The number of nitrogens with one attached hydrogen (secondary N) is 1. The number of amides is 1. The third kappa shape index (κ3) is 5.18. The minimum atomic E-state index is -3.61. The van der Waals surface area contributed by atoms with E-state index in [1.54, 1.807) is 31.4 Å². The Bertz CT molecular complexity index is 946. The lowest BCUT2D eigenvalue weighted by Crippen LogP contribution is -2.45. The average molecular weight is 481 g/mol. The number of hydrogen-bond donors (Lipinski definition) is 1. The summed E-state index contributed by atoms with van der Waals surface area (Å²) in [6, 6.07) is 13.9. The van der Waals surface area contributed by atoms with E-state index in [1.165, 1.54) is 4.31 Å². The van der Waals surface area contributed by atoms with E-state index in [9.17, 15) is 13.2 Å². The summed E-state index contributed by atoms with van der Waals surface area (Å²) < 4.78 is 33.3. The van der Waals surface area contributed by atoms with Crippen LogP contribution >= 0.6 is 15.9 Å². The minimum Gasteiger partial charge on any atom is -0.497 e. The summed E-state index contributed by atoms with van der Waals surface area (Å²) in [6.45, 7) is 2.54. The second-order valence-corrected chi connectivity index (χ2v) is 10.0. The van der Waals surface area contributed by atoms with Crippen molar-refractivity contribution < 1.29 is 17.9 Å². The summed E-state index contributed by atoms with van der Waals surface area (Å²) in [4.78, 5) is 13.0. The van der Waals surface area contributed by atoms with Crippen LogP contribution in [-0.2, 0) is 14.8 Å². The molecule has 0 spiro atoms. The molecule has 1 amide bonds. The van der Waals surface area contributed by atoms with E-state index in [0.29, 0.717) is 19.4 Å². The first-order valence-corrected chi connectivity index (χ1v) is 11.7. The Hall–Kier alpha value is -1.90. The molecule has 29 heavy (non-hydrogen) atoms. The predicted octanol–water partition coefficient (Wildman–Crippen LogP) is 3.74. The highest BCUT2D eigenvalue weighted by Crippen LogP contribution is 2.26. The maximum absolute atomic E-state index is 12.9. The van der Waals surface area contributed by atoms with Gasteiger partial charge in [-0.2, -0.15) is 4.31 Å². The van der Waals surface area contributed by atoms with Crippen LogP contribution in [0.5, 0.6) is 5.75 Å². The number of ether oxygens (including phenoxy) is 1. The lowest BCUT2D eigenvalue weighted by molar-refractivity contribution is -0.126. The highest BCUT2D eigenvalue weighted by Gasteiger charge is 2.33. The zero-order valence-corrected chi connectivity index (χ0v) is 18.9. The summed E-state index contributed by atoms with van der Waals surface area (Å²) in [5.41, 5.74) is 0.967. The number of methoxy groups -OCH3 is 1. The first-order valence-electron chi connectivity index (χ1n) is 9.51. The van der Waals surface area contributed by atoms with Crippen molar-refractivity contribution in [3.8, 4) is 5.75 Å². The minimum absolute atomic E-state index is 0.121. The molecule has 0 unspecified atom stereocenters. The van der Waals surface area contributed by atoms with Gasteiger partial charge in [0.25, 0.3) is 0 Å². The van der Waals surface area contributed by atoms with E-state index in [-0.39, 0.29) is 29.3 Å². The topological polar surface area (TPSA) is 75.7 Å². The predicted molar refractivity (Wildman–Crippen MR) is 115 cm³/mol. The molecule has 1 fully saturated rings. The number of carbonyl (C=O) groups excluding carboxylic acids is 1. The average Bonchev–Trinajstić information content (AvgIpc) is 2.74. The number of sulfonamides is 1. The molecule has 2 atom stereocenters. The van der Waals surface area contributed by atoms with Gasteiger partial charge >= 0.3 is 0 Å². The van der Waals surface area contributed by atoms with Crippen LogP contribution in [0, 0.1) is 5.92 Å². The number of piperidine rings is 1. The second kappa shape index (κ2) is 9.28. The van der Waals surface area contributed by atoms with Gasteiger partial charge in [0.1, 0.15) is 5.75 Å². The third-order valence-corrected chi connectivity index (χ3v) is 7.59. The largest absolute Gasteiger partial charge is 0.497 e. The first-order chi connectivity index (χ1) is 13.8. The fourth-order valence-corrected chi connectivity index (χ4v) is 5.23. The normalized spacial score (nSPS) is 18.8. The summed E-state index contributed by atoms with van der Waals surface area (Å²) in [5, 5.41) is 3.02. The van der Waals surface area contributed by atoms with Crippen molar-refractivity contribution in [2.24, 2.45) is 5.92 Å². The van der Waals surface area contributed by atoms with Crippen LogP contribution in [-0.4, -0.2) is 38.8 Å². The van der Waals surface area contributed by atoms with Crippen molar-refractivity contribution in [3.05, 3.63) is 58.6 Å². The first kappa shape index (κ1) is 21.8. The van der Waals surface area contributed by atoms with Crippen LogP contribution in [0.4, 0.5) is 0 Å². The van der Waals surface area contributed by atoms with Crippen molar-refractivity contribution >= 4 is 31.9 Å². The molecule has 6 nitrogen and oxygen atoms in total. The van der Waals surface area contributed by atoms with Gasteiger partial charge in [0.15, 0.2) is 0 Å². The zero-order chi connectivity index (χ0) is 21.0. The highest BCUT2D eigenvalue weighted by atomic mass is 79.9. The van der Waals surface area contributed by atoms with E-state index in [1.807, 2.05) is 31.2 Å². The van der Waals surface area contributed by atoms with Crippen molar-refractivity contribution in [3.63, 3.8) is 0 Å². The molecule has 1 heterocycles. The Morgan fingerprint density at radius 2 is 1.83 bits per heavy atom. The molecule has 0 bridgehead atoms. The summed E-state index contributed by atoms with van der Waals surface area (Å²) >= 11 is 3.32. The van der Waals surface area contributed by atoms with Gasteiger partial charge in [-0.3, -0.25) is 4.79 Å². The smallest absolute Gasteiger partial charge is 0.243 e. The molecule has 3 rings (SSSR count). The lowest BCUT2D eigenvalue weighted by Gasteiger charge is -2.32. The van der Waals surface area contributed by atoms with Crippen LogP contribution in [0.2, 0.25) is 0 Å². The standard InChI is InChI=1S/C21H25BrN2O4S/c1-15(16-5-9-19(28-2)10-6-16)23-21(25)17-4-3-13-24(14-17)29(26,27)20-11-7-18(22)8-12-20/h5-12,15,17H,3-4,13-14H2,1-2H3,(H,23,25)/t15-,17+/m0/s1. The SMILES string of the molecule is COc1ccc([C@H](C)NC(=O)[C@@H]2CCCN(S(=O)(=O)c3ccc(Br)cc3)C2)cc1. The fraction of sp³-hybridized carbons (Fsp3) is 0.381. The van der Waals surface area contributed by atoms with E-state index in [4.69, 9.17) is 4.74 Å². The van der Waals surface area contributed by atoms with E-state index < -0.39 is 10.0 Å². The van der Waals surface area contributed by atoms with E-state index in [2.05, 4.69) is 21.2 Å². The molecular formula is C21H25BrN2O4S. The van der Waals surface area contributed by atoms with Gasteiger partial charge in [-0.15, -0.1) is 0 Å². The quantitative estimate of drug-likeness (QED) is 0.682. The Morgan fingerprint density at radius 1 is 1.17 bits per heavy atom. The summed E-state index contributed by atoms with van der Waals surface area (Å²) in [6.07, 6.45) is 1.33. The number of halogens is 1. The molecule has 1 aliphatic rings. The van der Waals surface area contributed by atoms with Crippen molar-refractivity contribution in [2.75, 3.05) is 20.2 Å². The highest BCUT2D eigenvalue weighted by molar-refractivity contribution is 9.10. The van der Waals surface area contributed by atoms with E-state index >= 15 is 0 Å². The number of rotatable bonds is 6. The van der Waals surface area contributed by atoms with Crippen molar-refractivity contribution in [2.45, 2.75) is 30.7 Å². The Kier molecular flexibility index (Phi) is 6.97. The molecule has 1 aliphatic heterocycles. The van der Waals surface area contributed by atoms with Gasteiger partial charge in [0, 0.05) is 17.6 Å². The maximum atomic E-state index is 12.9. The Balaban J connectivity index is 1.66. The molecular weight excluding hydrogens is 456 g/mol. The third-order valence-electron chi connectivity index (χ3n) is 5.18. The molecule has 2 aromatic rings. The number of nitrogens with zero attached hydrogens (tertiary/aromatic N) is 1. The second-order valence-electron chi connectivity index (χ2n) is 7.16.